The molecule has 0 aliphatic carbocycles. The molecule has 1 aliphatic rings. The minimum absolute atomic E-state index is 0.0713. The molecule has 0 bridgehead atoms. The van der Waals surface area contributed by atoms with Crippen molar-refractivity contribution in [2.24, 2.45) is 0 Å². The maximum Gasteiger partial charge on any atom is 0.213 e. The molecule has 3 heterocycles. The lowest BCUT2D eigenvalue weighted by molar-refractivity contribution is 0.215. The van der Waals surface area contributed by atoms with E-state index in [0.29, 0.717) is 11.6 Å². The number of anilines is 1. The monoisotopic (exact) mass is 374 g/mol. The molecule has 0 unspecified atom stereocenters. The summed E-state index contributed by atoms with van der Waals surface area (Å²) in [6, 6.07) is 15.8. The van der Waals surface area contributed by atoms with Crippen molar-refractivity contribution in [2.45, 2.75) is 26.1 Å². The minimum Gasteiger partial charge on any atom is -0.472 e. The van der Waals surface area contributed by atoms with Gasteiger partial charge in [-0.25, -0.2) is 9.97 Å². The maximum absolute atomic E-state index is 9.90. The third kappa shape index (κ3) is 3.85. The number of pyridine rings is 2. The lowest BCUT2D eigenvalue weighted by atomic mass is 10.0. The normalized spacial score (nSPS) is 16.4. The molecule has 28 heavy (non-hydrogen) atoms. The molecule has 3 aromatic rings. The van der Waals surface area contributed by atoms with Gasteiger partial charge in [0.25, 0.3) is 0 Å². The van der Waals surface area contributed by atoms with Crippen LogP contribution in [0.1, 0.15) is 23.2 Å². The highest BCUT2D eigenvalue weighted by atomic mass is 16.5. The molecule has 2 aromatic heterocycles. The average Bonchev–Trinajstić information content (AvgIpc) is 3.18. The first-order valence-electron chi connectivity index (χ1n) is 9.50. The molecule has 0 saturated carbocycles. The van der Waals surface area contributed by atoms with Gasteiger partial charge in [0.15, 0.2) is 0 Å². The van der Waals surface area contributed by atoms with E-state index in [1.165, 1.54) is 0 Å². The summed E-state index contributed by atoms with van der Waals surface area (Å²) in [4.78, 5) is 11.2. The number of aromatic nitrogens is 2. The van der Waals surface area contributed by atoms with Crippen LogP contribution in [0.15, 0.2) is 54.7 Å². The molecule has 5 nitrogen and oxygen atoms in total. The molecule has 143 valence electrons. The second kappa shape index (κ2) is 7.98. The molecule has 0 amide bonds. The SMILES string of the molecule is [CH2]c1ccccc1-c1ccc(N2CC[C@H](Oc3ccc(C)cn3)C2)c(CO)n1. The standard InChI is InChI=1S/C23H24N3O2/c1-16-7-10-23(24-13-16)28-18-11-12-26(14-18)22-9-8-20(25-21(22)15-27)19-6-4-3-5-17(19)2/h3-10,13,18,27H,2,11-12,14-15H2,1H3/t18-/m0/s1. The van der Waals surface area contributed by atoms with Gasteiger partial charge in [0.05, 0.1) is 30.2 Å². The van der Waals surface area contributed by atoms with E-state index in [9.17, 15) is 5.11 Å². The summed E-state index contributed by atoms with van der Waals surface area (Å²) in [5.74, 6) is 0.653. The van der Waals surface area contributed by atoms with Gasteiger partial charge in [0.2, 0.25) is 5.88 Å². The zero-order valence-corrected chi connectivity index (χ0v) is 16.0. The zero-order valence-electron chi connectivity index (χ0n) is 16.0. The second-order valence-corrected chi connectivity index (χ2v) is 7.13. The number of aliphatic hydroxyl groups excluding tert-OH is 1. The number of benzene rings is 1. The van der Waals surface area contributed by atoms with Crippen molar-refractivity contribution in [3.8, 4) is 17.1 Å². The number of aryl methyl sites for hydroxylation is 1. The maximum atomic E-state index is 9.90. The Labute approximate surface area is 165 Å². The number of aliphatic hydroxyl groups is 1. The molecular formula is C23H24N3O2. The molecule has 5 heteroatoms. The lowest BCUT2D eigenvalue weighted by Gasteiger charge is -2.21. The van der Waals surface area contributed by atoms with Crippen LogP contribution in [0.4, 0.5) is 5.69 Å². The number of rotatable bonds is 5. The molecule has 1 radical (unpaired) electrons. The third-order valence-corrected chi connectivity index (χ3v) is 5.05. The van der Waals surface area contributed by atoms with Gasteiger partial charge in [-0.3, -0.25) is 0 Å². The Bertz CT molecular complexity index is 956. The van der Waals surface area contributed by atoms with Crippen LogP contribution in [-0.4, -0.2) is 34.3 Å². The molecule has 1 saturated heterocycles. The molecule has 4 rings (SSSR count). The minimum atomic E-state index is -0.107. The molecular weight excluding hydrogens is 350 g/mol. The van der Waals surface area contributed by atoms with Gasteiger partial charge in [0.1, 0.15) is 6.10 Å². The van der Waals surface area contributed by atoms with Crippen molar-refractivity contribution in [3.63, 3.8) is 0 Å². The van der Waals surface area contributed by atoms with E-state index in [1.807, 2.05) is 61.7 Å². The Hall–Kier alpha value is -2.92. The van der Waals surface area contributed by atoms with Crippen molar-refractivity contribution < 1.29 is 9.84 Å². The van der Waals surface area contributed by atoms with E-state index in [4.69, 9.17) is 9.72 Å². The van der Waals surface area contributed by atoms with Gasteiger partial charge in [-0.05, 0) is 37.1 Å². The van der Waals surface area contributed by atoms with Crippen molar-refractivity contribution in [1.29, 1.82) is 0 Å². The van der Waals surface area contributed by atoms with Crippen LogP contribution in [0.2, 0.25) is 0 Å². The summed E-state index contributed by atoms with van der Waals surface area (Å²) < 4.78 is 6.02. The van der Waals surface area contributed by atoms with Gasteiger partial charge in [-0.1, -0.05) is 30.3 Å². The highest BCUT2D eigenvalue weighted by molar-refractivity contribution is 5.67. The summed E-state index contributed by atoms with van der Waals surface area (Å²) in [6.07, 6.45) is 2.79. The van der Waals surface area contributed by atoms with E-state index in [1.54, 1.807) is 0 Å². The third-order valence-electron chi connectivity index (χ3n) is 5.05. The van der Waals surface area contributed by atoms with Crippen LogP contribution < -0.4 is 9.64 Å². The van der Waals surface area contributed by atoms with Gasteiger partial charge in [-0.15, -0.1) is 0 Å². The highest BCUT2D eigenvalue weighted by Crippen LogP contribution is 2.29. The first-order chi connectivity index (χ1) is 13.6. The Kier molecular flexibility index (Phi) is 5.26. The molecule has 0 spiro atoms. The predicted molar refractivity (Wildman–Crippen MR) is 110 cm³/mol. The zero-order chi connectivity index (χ0) is 19.5. The van der Waals surface area contributed by atoms with E-state index >= 15 is 0 Å². The highest BCUT2D eigenvalue weighted by Gasteiger charge is 2.26. The molecule has 1 aliphatic heterocycles. The van der Waals surface area contributed by atoms with Crippen LogP contribution in [0.25, 0.3) is 11.3 Å². The fourth-order valence-electron chi connectivity index (χ4n) is 3.56. The van der Waals surface area contributed by atoms with Gasteiger partial charge >= 0.3 is 0 Å². The van der Waals surface area contributed by atoms with E-state index in [-0.39, 0.29) is 12.7 Å². The fourth-order valence-corrected chi connectivity index (χ4v) is 3.56. The van der Waals surface area contributed by atoms with E-state index in [2.05, 4.69) is 16.8 Å². The van der Waals surface area contributed by atoms with Crippen LogP contribution in [0.3, 0.4) is 0 Å². The Morgan fingerprint density at radius 1 is 1.18 bits per heavy atom. The molecule has 1 atom stereocenters. The average molecular weight is 374 g/mol. The number of hydrogen-bond donors (Lipinski definition) is 1. The topological polar surface area (TPSA) is 58.5 Å². The summed E-state index contributed by atoms with van der Waals surface area (Å²) in [6.45, 7) is 7.58. The Morgan fingerprint density at radius 3 is 2.79 bits per heavy atom. The Morgan fingerprint density at radius 2 is 2.04 bits per heavy atom. The van der Waals surface area contributed by atoms with Crippen molar-refractivity contribution in [1.82, 2.24) is 9.97 Å². The first kappa shape index (κ1) is 18.4. The Balaban J connectivity index is 1.51. The quantitative estimate of drug-likeness (QED) is 0.736. The summed E-state index contributed by atoms with van der Waals surface area (Å²) in [5.41, 5.74) is 5.48. The van der Waals surface area contributed by atoms with Gasteiger partial charge in [-0.2, -0.15) is 0 Å². The molecule has 1 N–H and O–H groups in total. The van der Waals surface area contributed by atoms with Gasteiger partial charge in [0, 0.05) is 30.8 Å². The van der Waals surface area contributed by atoms with Crippen LogP contribution >= 0.6 is 0 Å². The lowest BCUT2D eigenvalue weighted by Crippen LogP contribution is -2.26. The van der Waals surface area contributed by atoms with E-state index < -0.39 is 0 Å². The summed E-state index contributed by atoms with van der Waals surface area (Å²) >= 11 is 0. The molecule has 1 aromatic carbocycles. The second-order valence-electron chi connectivity index (χ2n) is 7.13. The predicted octanol–water partition coefficient (Wildman–Crippen LogP) is 3.78. The van der Waals surface area contributed by atoms with Crippen LogP contribution in [0.5, 0.6) is 5.88 Å². The molecule has 1 fully saturated rings. The summed E-state index contributed by atoms with van der Waals surface area (Å²) in [7, 11) is 0. The van der Waals surface area contributed by atoms with Crippen molar-refractivity contribution in [2.75, 3.05) is 18.0 Å². The summed E-state index contributed by atoms with van der Waals surface area (Å²) in [5, 5.41) is 9.90. The van der Waals surface area contributed by atoms with Gasteiger partial charge < -0.3 is 14.7 Å². The van der Waals surface area contributed by atoms with Crippen molar-refractivity contribution in [3.05, 3.63) is 78.5 Å². The van der Waals surface area contributed by atoms with Crippen LogP contribution in [0, 0.1) is 13.8 Å². The number of hydrogen-bond acceptors (Lipinski definition) is 5. The van der Waals surface area contributed by atoms with Crippen molar-refractivity contribution >= 4 is 5.69 Å². The first-order valence-corrected chi connectivity index (χ1v) is 9.50. The smallest absolute Gasteiger partial charge is 0.213 e. The number of ether oxygens (including phenoxy) is 1. The fraction of sp³-hybridized carbons (Fsp3) is 0.261. The van der Waals surface area contributed by atoms with E-state index in [0.717, 1.165) is 47.6 Å². The van der Waals surface area contributed by atoms with Crippen LogP contribution in [-0.2, 0) is 6.61 Å². The number of nitrogens with zero attached hydrogens (tertiary/aromatic N) is 3. The largest absolute Gasteiger partial charge is 0.472 e.